The van der Waals surface area contributed by atoms with Crippen molar-refractivity contribution < 1.29 is 9.53 Å². The molecule has 2 aromatic heterocycles. The number of nitrogens with one attached hydrogen (secondary N) is 1. The topological polar surface area (TPSA) is 96.1 Å². The third-order valence-electron chi connectivity index (χ3n) is 6.59. The van der Waals surface area contributed by atoms with Crippen molar-refractivity contribution in [3.63, 3.8) is 0 Å². The number of carbonyl (C=O) groups is 1. The second-order valence-electron chi connectivity index (χ2n) is 8.90. The van der Waals surface area contributed by atoms with Crippen LogP contribution in [0.2, 0.25) is 0 Å². The second kappa shape index (κ2) is 10.5. The van der Waals surface area contributed by atoms with Gasteiger partial charge in [0.15, 0.2) is 5.16 Å². The molecule has 0 spiro atoms. The van der Waals surface area contributed by atoms with Crippen LogP contribution in [-0.4, -0.2) is 52.2 Å². The number of nitrogens with zero attached hydrogens (tertiary/aromatic N) is 5. The summed E-state index contributed by atoms with van der Waals surface area (Å²) in [6.45, 7) is 3.62. The standard InChI is InChI=1S/C23H30N6O2S2/c24-14-18-17-7-1-2-8-19(17)33-21(18)25-20(30)9-13-32-23-27-26-22(28-10-3-4-11-28)29(23)15-16-6-5-12-31-16/h16H,1-13,15H2,(H,25,30)/t16-/m1/s1. The number of thiophene rings is 1. The van der Waals surface area contributed by atoms with Crippen LogP contribution in [0.3, 0.4) is 0 Å². The molecule has 5 rings (SSSR count). The maximum absolute atomic E-state index is 12.7. The number of aryl methyl sites for hydroxylation is 1. The third-order valence-corrected chi connectivity index (χ3v) is 8.77. The molecule has 1 N–H and O–H groups in total. The minimum absolute atomic E-state index is 0.0532. The molecule has 1 atom stereocenters. The molecular formula is C23H30N6O2S2. The van der Waals surface area contributed by atoms with Gasteiger partial charge >= 0.3 is 0 Å². The van der Waals surface area contributed by atoms with Crippen LogP contribution < -0.4 is 10.2 Å². The molecule has 0 bridgehead atoms. The van der Waals surface area contributed by atoms with Crippen molar-refractivity contribution in [3.05, 3.63) is 16.0 Å². The van der Waals surface area contributed by atoms with Gasteiger partial charge in [0.2, 0.25) is 11.9 Å². The van der Waals surface area contributed by atoms with Crippen molar-refractivity contribution in [1.82, 2.24) is 14.8 Å². The Morgan fingerprint density at radius 2 is 2.06 bits per heavy atom. The van der Waals surface area contributed by atoms with Gasteiger partial charge in [-0.15, -0.1) is 21.5 Å². The molecule has 0 aromatic carbocycles. The Labute approximate surface area is 202 Å². The predicted molar refractivity (Wildman–Crippen MR) is 130 cm³/mol. The van der Waals surface area contributed by atoms with Crippen molar-refractivity contribution in [2.45, 2.75) is 75.6 Å². The molecule has 1 aliphatic carbocycles. The highest BCUT2D eigenvalue weighted by atomic mass is 32.2. The summed E-state index contributed by atoms with van der Waals surface area (Å²) in [5.74, 6) is 1.49. The van der Waals surface area contributed by atoms with Crippen LogP contribution in [0.1, 0.15) is 60.9 Å². The Kier molecular flexibility index (Phi) is 7.19. The maximum Gasteiger partial charge on any atom is 0.228 e. The van der Waals surface area contributed by atoms with Gasteiger partial charge in [-0.2, -0.15) is 5.26 Å². The predicted octanol–water partition coefficient (Wildman–Crippen LogP) is 3.99. The zero-order chi connectivity index (χ0) is 22.6. The molecule has 2 saturated heterocycles. The summed E-state index contributed by atoms with van der Waals surface area (Å²) in [6, 6.07) is 2.31. The Hall–Kier alpha value is -2.09. The number of rotatable bonds is 8. The van der Waals surface area contributed by atoms with E-state index in [2.05, 4.69) is 31.1 Å². The smallest absolute Gasteiger partial charge is 0.228 e. The summed E-state index contributed by atoms with van der Waals surface area (Å²) in [7, 11) is 0. The molecule has 0 radical (unpaired) electrons. The third kappa shape index (κ3) is 5.05. The SMILES string of the molecule is N#Cc1c(NC(=O)CCSc2nnc(N3CCCC3)n2C[C@H]2CCCO2)sc2c1CCCC2. The van der Waals surface area contributed by atoms with Gasteiger partial charge in [0.05, 0.1) is 18.2 Å². The quantitative estimate of drug-likeness (QED) is 0.564. The number of amides is 1. The Morgan fingerprint density at radius 3 is 2.85 bits per heavy atom. The number of ether oxygens (including phenoxy) is 1. The summed E-state index contributed by atoms with van der Waals surface area (Å²) in [5.41, 5.74) is 1.82. The highest BCUT2D eigenvalue weighted by Crippen LogP contribution is 2.37. The molecule has 8 nitrogen and oxygen atoms in total. The summed E-state index contributed by atoms with van der Waals surface area (Å²) in [4.78, 5) is 16.2. The second-order valence-corrected chi connectivity index (χ2v) is 11.1. The molecule has 3 aliphatic rings. The van der Waals surface area contributed by atoms with Gasteiger partial charge in [0.25, 0.3) is 0 Å². The van der Waals surface area contributed by atoms with E-state index >= 15 is 0 Å². The van der Waals surface area contributed by atoms with Crippen LogP contribution in [0.4, 0.5) is 10.9 Å². The number of carbonyl (C=O) groups excluding carboxylic acids is 1. The molecule has 1 amide bonds. The van der Waals surface area contributed by atoms with Crippen molar-refractivity contribution in [1.29, 1.82) is 5.26 Å². The lowest BCUT2D eigenvalue weighted by molar-refractivity contribution is -0.115. The highest BCUT2D eigenvalue weighted by Gasteiger charge is 2.26. The van der Waals surface area contributed by atoms with Crippen molar-refractivity contribution in [2.24, 2.45) is 0 Å². The van der Waals surface area contributed by atoms with Crippen LogP contribution in [0, 0.1) is 11.3 Å². The fourth-order valence-corrected chi connectivity index (χ4v) is 7.02. The zero-order valence-electron chi connectivity index (χ0n) is 18.8. The molecule has 4 heterocycles. The molecule has 176 valence electrons. The summed E-state index contributed by atoms with van der Waals surface area (Å²) < 4.78 is 8.06. The van der Waals surface area contributed by atoms with E-state index in [1.807, 2.05) is 0 Å². The van der Waals surface area contributed by atoms with E-state index in [9.17, 15) is 10.1 Å². The van der Waals surface area contributed by atoms with E-state index in [4.69, 9.17) is 4.74 Å². The number of aromatic nitrogens is 3. The first-order valence-electron chi connectivity index (χ1n) is 12.0. The first-order chi connectivity index (χ1) is 16.2. The van der Waals surface area contributed by atoms with Crippen LogP contribution in [0.15, 0.2) is 5.16 Å². The first-order valence-corrected chi connectivity index (χ1v) is 13.8. The first kappa shape index (κ1) is 22.7. The van der Waals surface area contributed by atoms with Gasteiger partial charge in [-0.25, -0.2) is 0 Å². The molecule has 33 heavy (non-hydrogen) atoms. The van der Waals surface area contributed by atoms with E-state index in [1.165, 1.54) is 17.7 Å². The highest BCUT2D eigenvalue weighted by molar-refractivity contribution is 7.99. The van der Waals surface area contributed by atoms with E-state index < -0.39 is 0 Å². The van der Waals surface area contributed by atoms with E-state index in [0.29, 0.717) is 17.7 Å². The molecule has 2 aromatic rings. The number of nitriles is 1. The number of fused-ring (bicyclic) bond motifs is 1. The lowest BCUT2D eigenvalue weighted by Gasteiger charge is -2.20. The molecule has 0 saturated carbocycles. The number of hydrogen-bond donors (Lipinski definition) is 1. The number of anilines is 2. The van der Waals surface area contributed by atoms with Gasteiger partial charge in [-0.1, -0.05) is 11.8 Å². The summed E-state index contributed by atoms with van der Waals surface area (Å²) in [5, 5.41) is 23.1. The molecule has 2 fully saturated rings. The molecule has 10 heteroatoms. The van der Waals surface area contributed by atoms with Gasteiger partial charge in [0, 0.05) is 36.7 Å². The number of thioether (sulfide) groups is 1. The van der Waals surface area contributed by atoms with E-state index in [0.717, 1.165) is 86.4 Å². The summed E-state index contributed by atoms with van der Waals surface area (Å²) >= 11 is 3.15. The fourth-order valence-electron chi connectivity index (χ4n) is 4.89. The average molecular weight is 487 g/mol. The Balaban J connectivity index is 1.21. The van der Waals surface area contributed by atoms with Crippen LogP contribution in [0.5, 0.6) is 0 Å². The summed E-state index contributed by atoms with van der Waals surface area (Å²) in [6.07, 6.45) is 9.35. The van der Waals surface area contributed by atoms with Gasteiger partial charge in [-0.3, -0.25) is 9.36 Å². The minimum Gasteiger partial charge on any atom is -0.376 e. The van der Waals surface area contributed by atoms with Gasteiger partial charge in [0.1, 0.15) is 11.1 Å². The maximum atomic E-state index is 12.7. The molecule has 2 aliphatic heterocycles. The lowest BCUT2D eigenvalue weighted by atomic mass is 9.96. The average Bonchev–Trinajstić information content (AvgIpc) is 3.61. The largest absolute Gasteiger partial charge is 0.376 e. The normalized spacial score (nSPS) is 20.1. The lowest BCUT2D eigenvalue weighted by Crippen LogP contribution is -2.25. The molecule has 0 unspecified atom stereocenters. The van der Waals surface area contributed by atoms with Gasteiger partial charge < -0.3 is 15.0 Å². The van der Waals surface area contributed by atoms with E-state index in [-0.39, 0.29) is 12.0 Å². The Bertz CT molecular complexity index is 1030. The molecular weight excluding hydrogens is 456 g/mol. The monoisotopic (exact) mass is 486 g/mol. The van der Waals surface area contributed by atoms with Crippen LogP contribution in [-0.2, 0) is 28.9 Å². The van der Waals surface area contributed by atoms with Crippen molar-refractivity contribution >= 4 is 40.0 Å². The van der Waals surface area contributed by atoms with Crippen molar-refractivity contribution in [2.75, 3.05) is 35.7 Å². The Morgan fingerprint density at radius 1 is 1.21 bits per heavy atom. The minimum atomic E-state index is -0.0532. The fraction of sp³-hybridized carbons (Fsp3) is 0.652. The number of hydrogen-bond acceptors (Lipinski definition) is 8. The van der Waals surface area contributed by atoms with Crippen LogP contribution in [0.25, 0.3) is 0 Å². The van der Waals surface area contributed by atoms with Crippen LogP contribution >= 0.6 is 23.1 Å². The van der Waals surface area contributed by atoms with E-state index in [1.54, 1.807) is 23.1 Å². The zero-order valence-corrected chi connectivity index (χ0v) is 20.5. The van der Waals surface area contributed by atoms with Gasteiger partial charge in [-0.05, 0) is 56.9 Å². The van der Waals surface area contributed by atoms with Crippen molar-refractivity contribution in [3.8, 4) is 6.07 Å².